The molecule has 3 N–H and O–H groups in total. The van der Waals surface area contributed by atoms with Gasteiger partial charge in [0.05, 0.1) is 6.20 Å². The second-order valence-corrected chi connectivity index (χ2v) is 6.23. The Kier molecular flexibility index (Phi) is 3.94. The van der Waals surface area contributed by atoms with Crippen LogP contribution in [0.15, 0.2) is 23.4 Å². The van der Waals surface area contributed by atoms with Crippen LogP contribution in [0.4, 0.5) is 4.39 Å². The van der Waals surface area contributed by atoms with Crippen molar-refractivity contribution in [2.45, 2.75) is 42.7 Å². The fourth-order valence-electron chi connectivity index (χ4n) is 2.11. The van der Waals surface area contributed by atoms with Gasteiger partial charge in [-0.05, 0) is 18.9 Å². The molecule has 1 fully saturated rings. The molecule has 18 heavy (non-hydrogen) atoms. The highest BCUT2D eigenvalue weighted by molar-refractivity contribution is 7.89. The van der Waals surface area contributed by atoms with Crippen LogP contribution in [0.3, 0.4) is 0 Å². The number of nitrogens with one attached hydrogen (secondary N) is 1. The molecule has 0 radical (unpaired) electrons. The summed E-state index contributed by atoms with van der Waals surface area (Å²) in [5.41, 5.74) is 5.88. The number of aromatic nitrogens is 1. The molecule has 0 spiro atoms. The van der Waals surface area contributed by atoms with Gasteiger partial charge in [0.25, 0.3) is 0 Å². The predicted molar refractivity (Wildman–Crippen MR) is 64.7 cm³/mol. The van der Waals surface area contributed by atoms with Crippen LogP contribution < -0.4 is 10.5 Å². The molecule has 0 bridgehead atoms. The molecular weight excluding hydrogens is 257 g/mol. The third-order valence-corrected chi connectivity index (χ3v) is 4.57. The van der Waals surface area contributed by atoms with Crippen LogP contribution in [-0.2, 0) is 10.0 Å². The zero-order valence-corrected chi connectivity index (χ0v) is 10.7. The van der Waals surface area contributed by atoms with E-state index >= 15 is 0 Å². The Bertz CT molecular complexity index is 521. The first-order chi connectivity index (χ1) is 8.49. The lowest BCUT2D eigenvalue weighted by Gasteiger charge is -2.28. The Labute approximate surface area is 106 Å². The van der Waals surface area contributed by atoms with E-state index in [4.69, 9.17) is 5.73 Å². The minimum Gasteiger partial charge on any atom is -0.326 e. The van der Waals surface area contributed by atoms with Crippen molar-refractivity contribution in [1.29, 1.82) is 0 Å². The predicted octanol–water partition coefficient (Wildman–Crippen LogP) is 0.769. The molecule has 1 aromatic rings. The van der Waals surface area contributed by atoms with Crippen molar-refractivity contribution >= 4 is 10.0 Å². The highest BCUT2D eigenvalue weighted by atomic mass is 32.2. The van der Waals surface area contributed by atoms with E-state index in [2.05, 4.69) is 9.71 Å². The quantitative estimate of drug-likeness (QED) is 0.851. The van der Waals surface area contributed by atoms with Gasteiger partial charge in [-0.3, -0.25) is 4.98 Å². The number of hydrogen-bond donors (Lipinski definition) is 2. The van der Waals surface area contributed by atoms with Crippen LogP contribution in [0.25, 0.3) is 0 Å². The highest BCUT2D eigenvalue weighted by Crippen LogP contribution is 2.19. The number of rotatable bonds is 3. The van der Waals surface area contributed by atoms with Crippen molar-refractivity contribution < 1.29 is 12.8 Å². The van der Waals surface area contributed by atoms with Gasteiger partial charge in [-0.1, -0.05) is 12.8 Å². The minimum absolute atomic E-state index is 0.166. The molecule has 7 heteroatoms. The van der Waals surface area contributed by atoms with E-state index < -0.39 is 15.8 Å². The third kappa shape index (κ3) is 3.04. The van der Waals surface area contributed by atoms with Gasteiger partial charge in [-0.2, -0.15) is 0 Å². The van der Waals surface area contributed by atoms with Gasteiger partial charge in [0.1, 0.15) is 10.7 Å². The minimum atomic E-state index is -3.75. The molecule has 2 unspecified atom stereocenters. The number of nitrogens with zero attached hydrogens (tertiary/aromatic N) is 1. The summed E-state index contributed by atoms with van der Waals surface area (Å²) in [6, 6.07) is 0.478. The standard InChI is InChI=1S/C11H16FN3O2S/c12-8-5-9(7-14-6-8)18(16,17)15-11-4-2-1-3-10(11)13/h5-7,10-11,15H,1-4,13H2. The van der Waals surface area contributed by atoms with Gasteiger partial charge in [0, 0.05) is 18.3 Å². The van der Waals surface area contributed by atoms with Gasteiger partial charge in [0.15, 0.2) is 0 Å². The lowest BCUT2D eigenvalue weighted by Crippen LogP contribution is -2.49. The Hall–Kier alpha value is -1.05. The zero-order chi connectivity index (χ0) is 13.2. The van der Waals surface area contributed by atoms with Crippen molar-refractivity contribution in [2.75, 3.05) is 0 Å². The first-order valence-electron chi connectivity index (χ1n) is 5.87. The van der Waals surface area contributed by atoms with Crippen molar-refractivity contribution in [2.24, 2.45) is 5.73 Å². The van der Waals surface area contributed by atoms with Crippen LogP contribution in [0.5, 0.6) is 0 Å². The van der Waals surface area contributed by atoms with Crippen molar-refractivity contribution in [3.63, 3.8) is 0 Å². The number of pyridine rings is 1. The number of hydrogen-bond acceptors (Lipinski definition) is 4. The van der Waals surface area contributed by atoms with Crippen LogP contribution >= 0.6 is 0 Å². The molecule has 1 heterocycles. The van der Waals surface area contributed by atoms with E-state index in [0.29, 0.717) is 6.42 Å². The number of sulfonamides is 1. The number of halogens is 1. The molecule has 1 saturated carbocycles. The molecule has 2 atom stereocenters. The molecule has 1 aliphatic rings. The Morgan fingerprint density at radius 1 is 1.33 bits per heavy atom. The van der Waals surface area contributed by atoms with E-state index in [0.717, 1.165) is 37.7 Å². The molecule has 5 nitrogen and oxygen atoms in total. The highest BCUT2D eigenvalue weighted by Gasteiger charge is 2.27. The SMILES string of the molecule is NC1CCCCC1NS(=O)(=O)c1cncc(F)c1. The zero-order valence-electron chi connectivity index (χ0n) is 9.84. The average molecular weight is 273 g/mol. The normalized spacial score (nSPS) is 25.0. The summed E-state index contributed by atoms with van der Waals surface area (Å²) in [6.07, 6.45) is 5.56. The van der Waals surface area contributed by atoms with Gasteiger partial charge in [-0.15, -0.1) is 0 Å². The molecule has 0 aliphatic heterocycles. The summed E-state index contributed by atoms with van der Waals surface area (Å²) < 4.78 is 39.6. The van der Waals surface area contributed by atoms with Gasteiger partial charge < -0.3 is 5.73 Å². The van der Waals surface area contributed by atoms with Crippen molar-refractivity contribution in [1.82, 2.24) is 9.71 Å². The molecule has 1 aromatic heterocycles. The third-order valence-electron chi connectivity index (χ3n) is 3.12. The maximum Gasteiger partial charge on any atom is 0.242 e. The van der Waals surface area contributed by atoms with Crippen LogP contribution in [0, 0.1) is 5.82 Å². The van der Waals surface area contributed by atoms with Crippen LogP contribution in [-0.4, -0.2) is 25.5 Å². The summed E-state index contributed by atoms with van der Waals surface area (Å²) in [7, 11) is -3.75. The van der Waals surface area contributed by atoms with E-state index in [9.17, 15) is 12.8 Å². The smallest absolute Gasteiger partial charge is 0.242 e. The molecule has 0 saturated heterocycles. The molecule has 1 aliphatic carbocycles. The van der Waals surface area contributed by atoms with E-state index in [1.807, 2.05) is 0 Å². The van der Waals surface area contributed by atoms with Crippen molar-refractivity contribution in [3.8, 4) is 0 Å². The second kappa shape index (κ2) is 5.29. The second-order valence-electron chi connectivity index (χ2n) is 4.51. The fraction of sp³-hybridized carbons (Fsp3) is 0.545. The molecule has 0 amide bonds. The largest absolute Gasteiger partial charge is 0.326 e. The Morgan fingerprint density at radius 2 is 2.06 bits per heavy atom. The molecule has 2 rings (SSSR count). The van der Waals surface area contributed by atoms with Gasteiger partial charge in [-0.25, -0.2) is 17.5 Å². The van der Waals surface area contributed by atoms with Gasteiger partial charge in [0.2, 0.25) is 10.0 Å². The van der Waals surface area contributed by atoms with Crippen LogP contribution in [0.2, 0.25) is 0 Å². The average Bonchev–Trinajstić information content (AvgIpc) is 2.32. The van der Waals surface area contributed by atoms with Crippen molar-refractivity contribution in [3.05, 3.63) is 24.3 Å². The Balaban J connectivity index is 2.16. The lowest BCUT2D eigenvalue weighted by atomic mass is 9.92. The fourth-order valence-corrected chi connectivity index (χ4v) is 3.41. The van der Waals surface area contributed by atoms with E-state index in [-0.39, 0.29) is 17.0 Å². The van der Waals surface area contributed by atoms with Gasteiger partial charge >= 0.3 is 0 Å². The summed E-state index contributed by atoms with van der Waals surface area (Å²) in [5.74, 6) is -0.675. The summed E-state index contributed by atoms with van der Waals surface area (Å²) in [4.78, 5) is 3.37. The lowest BCUT2D eigenvalue weighted by molar-refractivity contribution is 0.361. The van der Waals surface area contributed by atoms with Crippen LogP contribution in [0.1, 0.15) is 25.7 Å². The molecule has 0 aromatic carbocycles. The Morgan fingerprint density at radius 3 is 2.72 bits per heavy atom. The maximum absolute atomic E-state index is 13.0. The summed E-state index contributed by atoms with van der Waals surface area (Å²) >= 11 is 0. The number of nitrogens with two attached hydrogens (primary N) is 1. The maximum atomic E-state index is 13.0. The first kappa shape index (κ1) is 13.4. The summed E-state index contributed by atoms with van der Waals surface area (Å²) in [5, 5.41) is 0. The topological polar surface area (TPSA) is 85.1 Å². The molecule has 100 valence electrons. The van der Waals surface area contributed by atoms with E-state index in [1.54, 1.807) is 0 Å². The summed E-state index contributed by atoms with van der Waals surface area (Å²) in [6.45, 7) is 0. The molecular formula is C11H16FN3O2S. The first-order valence-corrected chi connectivity index (χ1v) is 7.36. The monoisotopic (exact) mass is 273 g/mol. The van der Waals surface area contributed by atoms with E-state index in [1.165, 1.54) is 0 Å².